The highest BCUT2D eigenvalue weighted by Crippen LogP contribution is 2.11. The summed E-state index contributed by atoms with van der Waals surface area (Å²) in [7, 11) is 0. The number of carboxylic acid groups (broad SMARTS) is 1. The molecule has 14 heavy (non-hydrogen) atoms. The lowest BCUT2D eigenvalue weighted by Gasteiger charge is -2.04. The fourth-order valence-electron chi connectivity index (χ4n) is 1.35. The van der Waals surface area contributed by atoms with Crippen molar-refractivity contribution in [3.63, 3.8) is 0 Å². The van der Waals surface area contributed by atoms with Crippen LogP contribution in [-0.4, -0.2) is 11.1 Å². The zero-order valence-electron chi connectivity index (χ0n) is 9.29. The fourth-order valence-corrected chi connectivity index (χ4v) is 1.35. The van der Waals surface area contributed by atoms with Crippen molar-refractivity contribution in [1.29, 1.82) is 0 Å². The van der Waals surface area contributed by atoms with E-state index in [2.05, 4.69) is 6.92 Å². The van der Waals surface area contributed by atoms with Crippen LogP contribution in [0.2, 0.25) is 0 Å². The minimum absolute atomic E-state index is 0. The highest BCUT2D eigenvalue weighted by atomic mass is 35.5. The van der Waals surface area contributed by atoms with Crippen LogP contribution in [0.5, 0.6) is 0 Å². The molecule has 0 radical (unpaired) electrons. The summed E-state index contributed by atoms with van der Waals surface area (Å²) >= 11 is 0. The second-order valence-electron chi connectivity index (χ2n) is 3.80. The highest BCUT2D eigenvalue weighted by molar-refractivity contribution is 5.85. The minimum Gasteiger partial charge on any atom is -0.481 e. The molecule has 1 unspecified atom stereocenters. The third-order valence-electron chi connectivity index (χ3n) is 2.41. The second-order valence-corrected chi connectivity index (χ2v) is 3.80. The van der Waals surface area contributed by atoms with Crippen LogP contribution in [0.1, 0.15) is 58.8 Å². The Labute approximate surface area is 93.5 Å². The molecule has 3 heteroatoms. The summed E-state index contributed by atoms with van der Waals surface area (Å²) in [5.41, 5.74) is 0. The van der Waals surface area contributed by atoms with Crippen LogP contribution in [0.3, 0.4) is 0 Å². The molecule has 2 nitrogen and oxygen atoms in total. The smallest absolute Gasteiger partial charge is 0.306 e. The second kappa shape index (κ2) is 10.8. The van der Waals surface area contributed by atoms with E-state index in [4.69, 9.17) is 5.11 Å². The number of rotatable bonds is 8. The van der Waals surface area contributed by atoms with E-state index < -0.39 is 5.97 Å². The molecule has 0 bridgehead atoms. The van der Waals surface area contributed by atoms with Crippen LogP contribution >= 0.6 is 12.4 Å². The van der Waals surface area contributed by atoms with Gasteiger partial charge in [0.1, 0.15) is 0 Å². The summed E-state index contributed by atoms with van der Waals surface area (Å²) in [4.78, 5) is 10.5. The number of carboxylic acids is 1. The van der Waals surface area contributed by atoms with Crippen molar-refractivity contribution in [3.05, 3.63) is 0 Å². The van der Waals surface area contributed by atoms with Crippen molar-refractivity contribution >= 4 is 18.4 Å². The fraction of sp³-hybridized carbons (Fsp3) is 0.909. The normalized spacial score (nSPS) is 11.9. The van der Waals surface area contributed by atoms with E-state index in [0.29, 0.717) is 0 Å². The topological polar surface area (TPSA) is 37.3 Å². The third kappa shape index (κ3) is 9.85. The van der Waals surface area contributed by atoms with Crippen molar-refractivity contribution in [3.8, 4) is 0 Å². The summed E-state index contributed by atoms with van der Waals surface area (Å²) in [5, 5.41) is 8.62. The third-order valence-corrected chi connectivity index (χ3v) is 2.41. The molecule has 0 spiro atoms. The number of unbranched alkanes of at least 4 members (excludes halogenated alkanes) is 5. The molecule has 86 valence electrons. The van der Waals surface area contributed by atoms with Gasteiger partial charge >= 0.3 is 5.97 Å². The molecule has 0 fully saturated rings. The van der Waals surface area contributed by atoms with Gasteiger partial charge in [-0.1, -0.05) is 52.4 Å². The van der Waals surface area contributed by atoms with Gasteiger partial charge in [-0.05, 0) is 6.42 Å². The Hall–Kier alpha value is -0.240. The Kier molecular flexibility index (Phi) is 12.5. The van der Waals surface area contributed by atoms with E-state index >= 15 is 0 Å². The van der Waals surface area contributed by atoms with E-state index in [-0.39, 0.29) is 18.3 Å². The Morgan fingerprint density at radius 2 is 1.64 bits per heavy atom. The molecule has 0 saturated carbocycles. The van der Waals surface area contributed by atoms with Crippen LogP contribution < -0.4 is 0 Å². The predicted molar refractivity (Wildman–Crippen MR) is 62.0 cm³/mol. The number of carbonyl (C=O) groups is 1. The first-order chi connectivity index (χ1) is 6.18. The van der Waals surface area contributed by atoms with E-state index in [1.54, 1.807) is 6.92 Å². The zero-order valence-corrected chi connectivity index (χ0v) is 10.1. The first-order valence-corrected chi connectivity index (χ1v) is 5.41. The van der Waals surface area contributed by atoms with Gasteiger partial charge in [0.2, 0.25) is 0 Å². The van der Waals surface area contributed by atoms with Crippen molar-refractivity contribution < 1.29 is 9.90 Å². The maximum atomic E-state index is 10.5. The first-order valence-electron chi connectivity index (χ1n) is 5.41. The zero-order chi connectivity index (χ0) is 10.1. The summed E-state index contributed by atoms with van der Waals surface area (Å²) < 4.78 is 0. The SMILES string of the molecule is CCCCCCCCC(C)C(=O)O.Cl. The van der Waals surface area contributed by atoms with Crippen LogP contribution in [0.4, 0.5) is 0 Å². The van der Waals surface area contributed by atoms with Gasteiger partial charge in [0.15, 0.2) is 0 Å². The molecule has 0 aromatic rings. The van der Waals surface area contributed by atoms with Gasteiger partial charge in [-0.25, -0.2) is 0 Å². The van der Waals surface area contributed by atoms with Crippen LogP contribution in [0.25, 0.3) is 0 Å². The van der Waals surface area contributed by atoms with Crippen molar-refractivity contribution in [2.75, 3.05) is 0 Å². The highest BCUT2D eigenvalue weighted by Gasteiger charge is 2.08. The van der Waals surface area contributed by atoms with Gasteiger partial charge in [-0.15, -0.1) is 12.4 Å². The minimum atomic E-state index is -0.659. The van der Waals surface area contributed by atoms with Gasteiger partial charge in [0, 0.05) is 0 Å². The van der Waals surface area contributed by atoms with E-state index in [0.717, 1.165) is 12.8 Å². The Balaban J connectivity index is 0. The molecule has 0 aliphatic heterocycles. The molecule has 0 aliphatic carbocycles. The van der Waals surface area contributed by atoms with E-state index in [1.165, 1.54) is 32.1 Å². The van der Waals surface area contributed by atoms with Crippen molar-refractivity contribution in [2.45, 2.75) is 58.8 Å². The van der Waals surface area contributed by atoms with Gasteiger partial charge in [0.25, 0.3) is 0 Å². The maximum Gasteiger partial charge on any atom is 0.306 e. The molecule has 0 aromatic carbocycles. The summed E-state index contributed by atoms with van der Waals surface area (Å²) in [6.07, 6.45) is 8.24. The predicted octanol–water partition coefficient (Wildman–Crippen LogP) is 3.88. The Morgan fingerprint density at radius 1 is 1.14 bits per heavy atom. The number of hydrogen-bond acceptors (Lipinski definition) is 1. The molecule has 0 heterocycles. The molecule has 0 amide bonds. The van der Waals surface area contributed by atoms with E-state index in [9.17, 15) is 4.79 Å². The molecule has 0 aliphatic rings. The quantitative estimate of drug-likeness (QED) is 0.633. The first kappa shape index (κ1) is 16.2. The van der Waals surface area contributed by atoms with Crippen molar-refractivity contribution in [2.24, 2.45) is 5.92 Å². The monoisotopic (exact) mass is 222 g/mol. The lowest BCUT2D eigenvalue weighted by atomic mass is 10.0. The Bertz CT molecular complexity index is 137. The molecular formula is C11H23ClO2. The standard InChI is InChI=1S/C11H22O2.ClH/c1-3-4-5-6-7-8-9-10(2)11(12)13;/h10H,3-9H2,1-2H3,(H,12,13);1H. The van der Waals surface area contributed by atoms with Gasteiger partial charge < -0.3 is 5.11 Å². The summed E-state index contributed by atoms with van der Waals surface area (Å²) in [6.45, 7) is 3.99. The maximum absolute atomic E-state index is 10.5. The Morgan fingerprint density at radius 3 is 2.14 bits per heavy atom. The van der Waals surface area contributed by atoms with Crippen LogP contribution in [0, 0.1) is 5.92 Å². The van der Waals surface area contributed by atoms with Crippen molar-refractivity contribution in [1.82, 2.24) is 0 Å². The molecule has 1 atom stereocenters. The summed E-state index contributed by atoms with van der Waals surface area (Å²) in [6, 6.07) is 0. The number of hydrogen-bond donors (Lipinski definition) is 1. The summed E-state index contributed by atoms with van der Waals surface area (Å²) in [5.74, 6) is -0.820. The lowest BCUT2D eigenvalue weighted by molar-refractivity contribution is -0.141. The molecule has 1 N–H and O–H groups in total. The van der Waals surface area contributed by atoms with Gasteiger partial charge in [-0.3, -0.25) is 4.79 Å². The molecule has 0 rings (SSSR count). The largest absolute Gasteiger partial charge is 0.481 e. The molecule has 0 saturated heterocycles. The number of halogens is 1. The average molecular weight is 223 g/mol. The van der Waals surface area contributed by atoms with Gasteiger partial charge in [0.05, 0.1) is 5.92 Å². The van der Waals surface area contributed by atoms with Crippen LogP contribution in [-0.2, 0) is 4.79 Å². The molecular weight excluding hydrogens is 200 g/mol. The van der Waals surface area contributed by atoms with Gasteiger partial charge in [-0.2, -0.15) is 0 Å². The molecule has 0 aromatic heterocycles. The average Bonchev–Trinajstić information content (AvgIpc) is 2.10. The van der Waals surface area contributed by atoms with E-state index in [1.807, 2.05) is 0 Å². The lowest BCUT2D eigenvalue weighted by Crippen LogP contribution is -2.08. The number of aliphatic carboxylic acids is 1. The van der Waals surface area contributed by atoms with Crippen LogP contribution in [0.15, 0.2) is 0 Å².